The van der Waals surface area contributed by atoms with Gasteiger partial charge in [-0.25, -0.2) is 0 Å². The van der Waals surface area contributed by atoms with E-state index < -0.39 is 0 Å². The summed E-state index contributed by atoms with van der Waals surface area (Å²) in [6.07, 6.45) is 4.55. The van der Waals surface area contributed by atoms with Gasteiger partial charge < -0.3 is 5.32 Å². The smallest absolute Gasteiger partial charge is 0.101 e. The molecule has 1 aliphatic carbocycles. The third-order valence-electron chi connectivity index (χ3n) is 2.39. The summed E-state index contributed by atoms with van der Waals surface area (Å²) in [4.78, 5) is 3.99. The predicted molar refractivity (Wildman–Crippen MR) is 50.1 cm³/mol. The quantitative estimate of drug-likeness (QED) is 0.741. The fourth-order valence-corrected chi connectivity index (χ4v) is 1.33. The minimum absolute atomic E-state index is 0.538. The lowest BCUT2D eigenvalue weighted by Crippen LogP contribution is -2.05. The van der Waals surface area contributed by atoms with E-state index in [0.29, 0.717) is 11.6 Å². The van der Waals surface area contributed by atoms with Crippen LogP contribution in [0.1, 0.15) is 18.9 Å². The van der Waals surface area contributed by atoms with Crippen molar-refractivity contribution in [1.82, 2.24) is 4.98 Å². The van der Waals surface area contributed by atoms with Gasteiger partial charge in [-0.3, -0.25) is 4.98 Å². The van der Waals surface area contributed by atoms with Gasteiger partial charge in [0.25, 0.3) is 0 Å². The molecule has 0 saturated heterocycles. The second-order valence-electron chi connectivity index (χ2n) is 3.50. The Balaban J connectivity index is 2.15. The topological polar surface area (TPSA) is 48.7 Å². The van der Waals surface area contributed by atoms with E-state index in [1.807, 2.05) is 0 Å². The number of nitriles is 1. The molecule has 1 fully saturated rings. The second kappa shape index (κ2) is 3.06. The summed E-state index contributed by atoms with van der Waals surface area (Å²) in [5.41, 5.74) is 1.54. The lowest BCUT2D eigenvalue weighted by Gasteiger charge is -2.05. The summed E-state index contributed by atoms with van der Waals surface area (Å²) in [5, 5.41) is 12.1. The van der Waals surface area contributed by atoms with Crippen LogP contribution >= 0.6 is 0 Å². The number of hydrogen-bond donors (Lipinski definition) is 1. The van der Waals surface area contributed by atoms with Crippen LogP contribution in [0.5, 0.6) is 0 Å². The van der Waals surface area contributed by atoms with Crippen LogP contribution in [0.2, 0.25) is 0 Å². The second-order valence-corrected chi connectivity index (χ2v) is 3.50. The van der Waals surface area contributed by atoms with Gasteiger partial charge >= 0.3 is 0 Å². The van der Waals surface area contributed by atoms with E-state index in [2.05, 4.69) is 23.3 Å². The van der Waals surface area contributed by atoms with Crippen molar-refractivity contribution in [2.24, 2.45) is 5.92 Å². The Morgan fingerprint density at radius 1 is 1.69 bits per heavy atom. The molecule has 3 heteroatoms. The average Bonchev–Trinajstić information content (AvgIpc) is 2.83. The van der Waals surface area contributed by atoms with Gasteiger partial charge in [0.15, 0.2) is 0 Å². The Kier molecular flexibility index (Phi) is 1.90. The number of nitrogens with zero attached hydrogens (tertiary/aromatic N) is 2. The fraction of sp³-hybridized carbons (Fsp3) is 0.400. The lowest BCUT2D eigenvalue weighted by atomic mass is 10.2. The maximum Gasteiger partial charge on any atom is 0.101 e. The molecule has 1 aromatic heterocycles. The highest BCUT2D eigenvalue weighted by molar-refractivity contribution is 5.56. The molecular formula is C10H11N3. The van der Waals surface area contributed by atoms with E-state index >= 15 is 0 Å². The molecule has 0 aromatic carbocycles. The highest BCUT2D eigenvalue weighted by Gasteiger charge is 2.32. The molecule has 2 rings (SSSR count). The van der Waals surface area contributed by atoms with Gasteiger partial charge in [0, 0.05) is 12.2 Å². The lowest BCUT2D eigenvalue weighted by molar-refractivity contribution is 0.928. The van der Waals surface area contributed by atoms with Gasteiger partial charge in [-0.05, 0) is 18.4 Å². The number of rotatable bonds is 2. The molecule has 1 saturated carbocycles. The van der Waals surface area contributed by atoms with Crippen molar-refractivity contribution in [3.05, 3.63) is 24.0 Å². The number of aromatic nitrogens is 1. The zero-order chi connectivity index (χ0) is 9.26. The molecule has 0 unspecified atom stereocenters. The van der Waals surface area contributed by atoms with Crippen LogP contribution in [0.25, 0.3) is 0 Å². The SMILES string of the molecule is C[C@@H]1C[C@H]1Nc1cnccc1C#N. The van der Waals surface area contributed by atoms with Gasteiger partial charge in [-0.2, -0.15) is 5.26 Å². The van der Waals surface area contributed by atoms with Crippen LogP contribution in [0.4, 0.5) is 5.69 Å². The zero-order valence-corrected chi connectivity index (χ0v) is 7.49. The molecule has 0 amide bonds. The first-order valence-electron chi connectivity index (χ1n) is 4.42. The molecule has 2 atom stereocenters. The largest absolute Gasteiger partial charge is 0.380 e. The summed E-state index contributed by atoms with van der Waals surface area (Å²) in [6, 6.07) is 4.41. The number of pyridine rings is 1. The first-order valence-corrected chi connectivity index (χ1v) is 4.42. The Bertz CT molecular complexity index is 353. The van der Waals surface area contributed by atoms with Crippen molar-refractivity contribution in [1.29, 1.82) is 5.26 Å². The fourth-order valence-electron chi connectivity index (χ4n) is 1.33. The van der Waals surface area contributed by atoms with E-state index in [-0.39, 0.29) is 0 Å². The van der Waals surface area contributed by atoms with E-state index in [0.717, 1.165) is 11.6 Å². The molecular weight excluding hydrogens is 162 g/mol. The first-order chi connectivity index (χ1) is 6.31. The summed E-state index contributed by atoms with van der Waals surface area (Å²) < 4.78 is 0. The summed E-state index contributed by atoms with van der Waals surface area (Å²) in [7, 11) is 0. The molecule has 0 aliphatic heterocycles. The molecule has 66 valence electrons. The number of anilines is 1. The van der Waals surface area contributed by atoms with Crippen LogP contribution in [-0.2, 0) is 0 Å². The minimum Gasteiger partial charge on any atom is -0.380 e. The summed E-state index contributed by atoms with van der Waals surface area (Å²) in [6.45, 7) is 2.19. The van der Waals surface area contributed by atoms with Crippen LogP contribution in [0.3, 0.4) is 0 Å². The molecule has 0 radical (unpaired) electrons. The highest BCUT2D eigenvalue weighted by atomic mass is 15.0. The molecule has 1 N–H and O–H groups in total. The van der Waals surface area contributed by atoms with Crippen molar-refractivity contribution >= 4 is 5.69 Å². The first kappa shape index (κ1) is 8.06. The summed E-state index contributed by atoms with van der Waals surface area (Å²) >= 11 is 0. The van der Waals surface area contributed by atoms with Crippen LogP contribution in [0, 0.1) is 17.2 Å². The van der Waals surface area contributed by atoms with Gasteiger partial charge in [0.1, 0.15) is 6.07 Å². The van der Waals surface area contributed by atoms with Crippen molar-refractivity contribution < 1.29 is 0 Å². The maximum atomic E-state index is 8.80. The van der Waals surface area contributed by atoms with Crippen LogP contribution < -0.4 is 5.32 Å². The Labute approximate surface area is 77.4 Å². The van der Waals surface area contributed by atoms with Crippen molar-refractivity contribution in [2.75, 3.05) is 5.32 Å². The third kappa shape index (κ3) is 1.62. The van der Waals surface area contributed by atoms with Crippen LogP contribution in [-0.4, -0.2) is 11.0 Å². The summed E-state index contributed by atoms with van der Waals surface area (Å²) in [5.74, 6) is 0.728. The van der Waals surface area contributed by atoms with Gasteiger partial charge in [0.05, 0.1) is 17.4 Å². The Morgan fingerprint density at radius 2 is 2.46 bits per heavy atom. The van der Waals surface area contributed by atoms with Gasteiger partial charge in [-0.15, -0.1) is 0 Å². The van der Waals surface area contributed by atoms with E-state index in [1.54, 1.807) is 18.5 Å². The molecule has 1 aromatic rings. The highest BCUT2D eigenvalue weighted by Crippen LogP contribution is 2.33. The van der Waals surface area contributed by atoms with Crippen molar-refractivity contribution in [3.8, 4) is 6.07 Å². The van der Waals surface area contributed by atoms with Crippen molar-refractivity contribution in [2.45, 2.75) is 19.4 Å². The Morgan fingerprint density at radius 3 is 3.08 bits per heavy atom. The average molecular weight is 173 g/mol. The number of nitrogens with one attached hydrogen (secondary N) is 1. The van der Waals surface area contributed by atoms with Gasteiger partial charge in [-0.1, -0.05) is 6.92 Å². The minimum atomic E-state index is 0.538. The molecule has 13 heavy (non-hydrogen) atoms. The van der Waals surface area contributed by atoms with E-state index in [1.165, 1.54) is 6.42 Å². The predicted octanol–water partition coefficient (Wildman–Crippen LogP) is 1.77. The molecule has 1 aliphatic rings. The van der Waals surface area contributed by atoms with Crippen molar-refractivity contribution in [3.63, 3.8) is 0 Å². The third-order valence-corrected chi connectivity index (χ3v) is 2.39. The molecule has 3 nitrogen and oxygen atoms in total. The number of hydrogen-bond acceptors (Lipinski definition) is 3. The molecule has 0 spiro atoms. The monoisotopic (exact) mass is 173 g/mol. The standard InChI is InChI=1S/C10H11N3/c1-7-4-9(7)13-10-6-12-3-2-8(10)5-11/h2-3,6-7,9,13H,4H2,1H3/t7-,9-/m1/s1. The van der Waals surface area contributed by atoms with E-state index in [4.69, 9.17) is 5.26 Å². The maximum absolute atomic E-state index is 8.80. The van der Waals surface area contributed by atoms with Crippen LogP contribution in [0.15, 0.2) is 18.5 Å². The zero-order valence-electron chi connectivity index (χ0n) is 7.49. The Hall–Kier alpha value is -1.56. The van der Waals surface area contributed by atoms with E-state index in [9.17, 15) is 0 Å². The molecule has 1 heterocycles. The molecule has 0 bridgehead atoms. The van der Waals surface area contributed by atoms with Gasteiger partial charge in [0.2, 0.25) is 0 Å². The normalized spacial score (nSPS) is 24.9.